The van der Waals surface area contributed by atoms with Crippen molar-refractivity contribution in [3.63, 3.8) is 0 Å². The number of aliphatic hydroxyl groups excluding tert-OH is 1. The molecule has 0 saturated carbocycles. The van der Waals surface area contributed by atoms with Gasteiger partial charge in [-0.3, -0.25) is 0 Å². The molecule has 0 bridgehead atoms. The lowest BCUT2D eigenvalue weighted by molar-refractivity contribution is 0.227. The Morgan fingerprint density at radius 2 is 1.93 bits per heavy atom. The van der Waals surface area contributed by atoms with Gasteiger partial charge in [-0.25, -0.2) is 0 Å². The second-order valence-corrected chi connectivity index (χ2v) is 5.99. The molecule has 2 heterocycles. The van der Waals surface area contributed by atoms with Crippen LogP contribution in [0.4, 0.5) is 0 Å². The number of aliphatic hydroxyl groups is 1. The van der Waals surface area contributed by atoms with Crippen molar-refractivity contribution in [3.05, 3.63) is 43.3 Å². The molecule has 0 aliphatic rings. The van der Waals surface area contributed by atoms with Crippen LogP contribution < -0.4 is 0 Å². The fraction of sp³-hybridized carbons (Fsp3) is 0.333. The Morgan fingerprint density at radius 1 is 1.20 bits per heavy atom. The molecule has 2 aromatic rings. The smallest absolute Gasteiger partial charge is 0.123 e. The highest BCUT2D eigenvalue weighted by molar-refractivity contribution is 7.13. The molecule has 2 rings (SSSR count). The molecule has 1 unspecified atom stereocenters. The van der Waals surface area contributed by atoms with Crippen LogP contribution >= 0.6 is 22.7 Å². The van der Waals surface area contributed by atoms with Gasteiger partial charge in [-0.1, -0.05) is 0 Å². The first-order valence-electron chi connectivity index (χ1n) is 4.88. The van der Waals surface area contributed by atoms with Gasteiger partial charge in [0, 0.05) is 14.6 Å². The summed E-state index contributed by atoms with van der Waals surface area (Å²) < 4.78 is 0. The van der Waals surface area contributed by atoms with Crippen molar-refractivity contribution in [1.82, 2.24) is 0 Å². The Hall–Kier alpha value is -0.640. The predicted molar refractivity (Wildman–Crippen MR) is 66.9 cm³/mol. The van der Waals surface area contributed by atoms with E-state index in [1.165, 1.54) is 16.0 Å². The molecule has 0 spiro atoms. The minimum atomic E-state index is -0.442. The molecule has 15 heavy (non-hydrogen) atoms. The van der Waals surface area contributed by atoms with E-state index in [2.05, 4.69) is 26.0 Å². The fourth-order valence-corrected chi connectivity index (χ4v) is 3.57. The molecule has 0 aliphatic carbocycles. The highest BCUT2D eigenvalue weighted by Gasteiger charge is 2.16. The van der Waals surface area contributed by atoms with Crippen LogP contribution in [0.2, 0.25) is 0 Å². The molecule has 0 aliphatic heterocycles. The number of hydrogen-bond donors (Lipinski definition) is 1. The van der Waals surface area contributed by atoms with E-state index in [1.807, 2.05) is 12.3 Å². The third kappa shape index (κ3) is 2.00. The van der Waals surface area contributed by atoms with Gasteiger partial charge >= 0.3 is 0 Å². The first kappa shape index (κ1) is 10.9. The summed E-state index contributed by atoms with van der Waals surface area (Å²) in [7, 11) is 0. The highest BCUT2D eigenvalue weighted by Crippen LogP contribution is 2.34. The summed E-state index contributed by atoms with van der Waals surface area (Å²) >= 11 is 3.31. The van der Waals surface area contributed by atoms with Gasteiger partial charge in [-0.05, 0) is 49.4 Å². The maximum absolute atomic E-state index is 10.2. The second-order valence-electron chi connectivity index (χ2n) is 3.76. The molecule has 2 aromatic heterocycles. The van der Waals surface area contributed by atoms with Crippen LogP contribution in [0.1, 0.15) is 31.9 Å². The fourth-order valence-electron chi connectivity index (χ4n) is 1.53. The first-order chi connectivity index (χ1) is 7.09. The minimum absolute atomic E-state index is 0.442. The summed E-state index contributed by atoms with van der Waals surface area (Å²) in [5.41, 5.74) is 2.44. The third-order valence-corrected chi connectivity index (χ3v) is 4.88. The largest absolute Gasteiger partial charge is 0.382 e. The lowest BCUT2D eigenvalue weighted by Gasteiger charge is -2.06. The van der Waals surface area contributed by atoms with E-state index < -0.39 is 6.10 Å². The van der Waals surface area contributed by atoms with Crippen LogP contribution in [-0.4, -0.2) is 5.11 Å². The van der Waals surface area contributed by atoms with Gasteiger partial charge in [0.25, 0.3) is 0 Å². The van der Waals surface area contributed by atoms with E-state index in [4.69, 9.17) is 0 Å². The summed E-state index contributed by atoms with van der Waals surface area (Å²) in [6.07, 6.45) is -0.442. The van der Waals surface area contributed by atoms with Gasteiger partial charge in [0.2, 0.25) is 0 Å². The molecule has 1 atom stereocenters. The predicted octanol–water partition coefficient (Wildman–Crippen LogP) is 3.82. The van der Waals surface area contributed by atoms with Crippen LogP contribution in [0.25, 0.3) is 0 Å². The normalized spacial score (nSPS) is 13.1. The average molecular weight is 238 g/mol. The van der Waals surface area contributed by atoms with Gasteiger partial charge in [-0.15, -0.1) is 22.7 Å². The third-order valence-electron chi connectivity index (χ3n) is 2.60. The number of aryl methyl sites for hydroxylation is 3. The topological polar surface area (TPSA) is 20.2 Å². The average Bonchev–Trinajstić information content (AvgIpc) is 2.74. The Morgan fingerprint density at radius 3 is 2.40 bits per heavy atom. The van der Waals surface area contributed by atoms with E-state index in [9.17, 15) is 5.11 Å². The molecule has 3 heteroatoms. The standard InChI is InChI=1S/C12H14OS2/c1-7-4-5-14-12(7)11(13)10-6-8(2)9(3)15-10/h4-6,11,13H,1-3H3. The summed E-state index contributed by atoms with van der Waals surface area (Å²) in [4.78, 5) is 3.41. The van der Waals surface area contributed by atoms with Crippen molar-refractivity contribution in [2.24, 2.45) is 0 Å². The molecule has 0 fully saturated rings. The Kier molecular flexibility index (Phi) is 2.96. The summed E-state index contributed by atoms with van der Waals surface area (Å²) in [5.74, 6) is 0. The van der Waals surface area contributed by atoms with Crippen molar-refractivity contribution < 1.29 is 5.11 Å². The first-order valence-corrected chi connectivity index (χ1v) is 6.58. The summed E-state index contributed by atoms with van der Waals surface area (Å²) in [6, 6.07) is 4.14. The summed E-state index contributed by atoms with van der Waals surface area (Å²) in [5, 5.41) is 12.2. The molecule has 1 N–H and O–H groups in total. The maximum atomic E-state index is 10.2. The van der Waals surface area contributed by atoms with Crippen molar-refractivity contribution in [2.75, 3.05) is 0 Å². The zero-order valence-corrected chi connectivity index (χ0v) is 10.7. The summed E-state index contributed by atoms with van der Waals surface area (Å²) in [6.45, 7) is 6.23. The van der Waals surface area contributed by atoms with E-state index in [1.54, 1.807) is 22.7 Å². The SMILES string of the molecule is Cc1cc(C(O)c2sccc2C)sc1C. The van der Waals surface area contributed by atoms with Crippen LogP contribution in [0.5, 0.6) is 0 Å². The van der Waals surface area contributed by atoms with Gasteiger partial charge in [0.1, 0.15) is 6.10 Å². The van der Waals surface area contributed by atoms with Gasteiger partial charge in [0.15, 0.2) is 0 Å². The van der Waals surface area contributed by atoms with Crippen LogP contribution in [-0.2, 0) is 0 Å². The molecule has 0 amide bonds. The number of hydrogen-bond acceptors (Lipinski definition) is 3. The monoisotopic (exact) mass is 238 g/mol. The van der Waals surface area contributed by atoms with Crippen LogP contribution in [0.15, 0.2) is 17.5 Å². The van der Waals surface area contributed by atoms with E-state index in [0.717, 1.165) is 9.75 Å². The van der Waals surface area contributed by atoms with E-state index >= 15 is 0 Å². The van der Waals surface area contributed by atoms with Crippen molar-refractivity contribution in [3.8, 4) is 0 Å². The zero-order valence-electron chi connectivity index (χ0n) is 9.07. The Bertz CT molecular complexity index is 448. The maximum Gasteiger partial charge on any atom is 0.123 e. The Labute approximate surface area is 98.0 Å². The molecular weight excluding hydrogens is 224 g/mol. The molecule has 1 nitrogen and oxygen atoms in total. The molecule has 0 aromatic carbocycles. The van der Waals surface area contributed by atoms with Crippen molar-refractivity contribution >= 4 is 22.7 Å². The van der Waals surface area contributed by atoms with Crippen LogP contribution in [0.3, 0.4) is 0 Å². The van der Waals surface area contributed by atoms with Gasteiger partial charge in [0.05, 0.1) is 0 Å². The van der Waals surface area contributed by atoms with Gasteiger partial charge in [-0.2, -0.15) is 0 Å². The molecule has 0 radical (unpaired) electrons. The quantitative estimate of drug-likeness (QED) is 0.843. The minimum Gasteiger partial charge on any atom is -0.382 e. The molecular formula is C12H14OS2. The lowest BCUT2D eigenvalue weighted by atomic mass is 10.1. The second kappa shape index (κ2) is 4.08. The van der Waals surface area contributed by atoms with E-state index in [0.29, 0.717) is 0 Å². The Balaban J connectivity index is 2.36. The molecule has 0 saturated heterocycles. The number of thiophene rings is 2. The zero-order chi connectivity index (χ0) is 11.0. The highest BCUT2D eigenvalue weighted by atomic mass is 32.1. The molecule has 80 valence electrons. The van der Waals surface area contributed by atoms with E-state index in [-0.39, 0.29) is 0 Å². The van der Waals surface area contributed by atoms with Crippen molar-refractivity contribution in [1.29, 1.82) is 0 Å². The van der Waals surface area contributed by atoms with Gasteiger partial charge < -0.3 is 5.11 Å². The van der Waals surface area contributed by atoms with Crippen LogP contribution in [0, 0.1) is 20.8 Å². The number of rotatable bonds is 2. The van der Waals surface area contributed by atoms with Crippen molar-refractivity contribution in [2.45, 2.75) is 26.9 Å². The lowest BCUT2D eigenvalue weighted by Crippen LogP contribution is -1.95.